The van der Waals surface area contributed by atoms with Crippen LogP contribution in [0.4, 0.5) is 0 Å². The molecule has 0 unspecified atom stereocenters. The lowest BCUT2D eigenvalue weighted by atomic mass is 9.97. The monoisotopic (exact) mass is 346 g/mol. The Kier molecular flexibility index (Phi) is 5.36. The first kappa shape index (κ1) is 17.2. The van der Waals surface area contributed by atoms with Crippen LogP contribution in [0.15, 0.2) is 24.3 Å². The maximum atomic E-state index is 11.8. The minimum atomic E-state index is -0.0603. The molecule has 0 saturated carbocycles. The third-order valence-electron chi connectivity index (χ3n) is 4.73. The van der Waals surface area contributed by atoms with Crippen LogP contribution in [0.1, 0.15) is 31.0 Å². The van der Waals surface area contributed by atoms with Crippen LogP contribution in [-0.2, 0) is 16.1 Å². The summed E-state index contributed by atoms with van der Waals surface area (Å²) in [6, 6.07) is 8.08. The zero-order valence-corrected chi connectivity index (χ0v) is 15.0. The minimum absolute atomic E-state index is 0.0305. The van der Waals surface area contributed by atoms with E-state index >= 15 is 0 Å². The Labute approximate surface area is 147 Å². The van der Waals surface area contributed by atoms with Crippen molar-refractivity contribution in [3.63, 3.8) is 0 Å². The highest BCUT2D eigenvalue weighted by Gasteiger charge is 2.26. The molecule has 1 saturated heterocycles. The van der Waals surface area contributed by atoms with Crippen LogP contribution >= 0.6 is 11.6 Å². The van der Waals surface area contributed by atoms with Crippen molar-refractivity contribution in [2.75, 3.05) is 19.7 Å². The predicted molar refractivity (Wildman–Crippen MR) is 96.1 cm³/mol. The number of aryl methyl sites for hydroxylation is 1. The van der Waals surface area contributed by atoms with Crippen molar-refractivity contribution in [3.05, 3.63) is 40.5 Å². The van der Waals surface area contributed by atoms with Crippen molar-refractivity contribution < 1.29 is 9.53 Å². The van der Waals surface area contributed by atoms with Gasteiger partial charge < -0.3 is 4.74 Å². The summed E-state index contributed by atoms with van der Waals surface area (Å²) in [7, 11) is 0. The molecule has 1 aromatic carbocycles. The third kappa shape index (κ3) is 3.55. The molecular weight excluding hydrogens is 324 g/mol. The fourth-order valence-electron chi connectivity index (χ4n) is 3.32. The summed E-state index contributed by atoms with van der Waals surface area (Å²) in [6.07, 6.45) is 1.67. The molecule has 1 aliphatic heterocycles. The second-order valence-electron chi connectivity index (χ2n) is 6.32. The molecule has 0 bridgehead atoms. The number of hydrogen-bond acceptors (Lipinski definition) is 4. The van der Waals surface area contributed by atoms with E-state index in [1.54, 1.807) is 0 Å². The van der Waals surface area contributed by atoms with E-state index in [4.69, 9.17) is 21.3 Å². The number of pyridine rings is 1. The summed E-state index contributed by atoms with van der Waals surface area (Å²) in [6.45, 7) is 6.81. The Morgan fingerprint density at radius 2 is 2.04 bits per heavy atom. The zero-order valence-electron chi connectivity index (χ0n) is 14.2. The molecule has 0 spiro atoms. The molecule has 0 atom stereocenters. The average Bonchev–Trinajstić information content (AvgIpc) is 2.60. The largest absolute Gasteiger partial charge is 0.466 e. The number of ether oxygens (including phenoxy) is 1. The van der Waals surface area contributed by atoms with Gasteiger partial charge in [0, 0.05) is 11.9 Å². The molecule has 1 aromatic heterocycles. The molecule has 128 valence electrons. The highest BCUT2D eigenvalue weighted by atomic mass is 35.5. The number of carbonyl (C=O) groups excluding carboxylic acids is 1. The first-order valence-corrected chi connectivity index (χ1v) is 8.90. The lowest BCUT2D eigenvalue weighted by molar-refractivity contribution is -0.149. The van der Waals surface area contributed by atoms with Crippen molar-refractivity contribution in [2.24, 2.45) is 5.92 Å². The van der Waals surface area contributed by atoms with Crippen LogP contribution in [0.2, 0.25) is 5.02 Å². The summed E-state index contributed by atoms with van der Waals surface area (Å²) in [5, 5.41) is 1.86. The lowest BCUT2D eigenvalue weighted by Crippen LogP contribution is -2.36. The van der Waals surface area contributed by atoms with Gasteiger partial charge in [-0.25, -0.2) is 4.98 Å². The van der Waals surface area contributed by atoms with Crippen molar-refractivity contribution in [1.29, 1.82) is 0 Å². The van der Waals surface area contributed by atoms with E-state index in [2.05, 4.69) is 11.0 Å². The van der Waals surface area contributed by atoms with Gasteiger partial charge in [-0.05, 0) is 51.4 Å². The predicted octanol–water partition coefficient (Wildman–Crippen LogP) is 3.97. The van der Waals surface area contributed by atoms with Crippen molar-refractivity contribution >= 4 is 28.5 Å². The fourth-order valence-corrected chi connectivity index (χ4v) is 3.52. The molecule has 4 nitrogen and oxygen atoms in total. The van der Waals surface area contributed by atoms with Crippen molar-refractivity contribution in [2.45, 2.75) is 33.2 Å². The molecule has 5 heteroatoms. The van der Waals surface area contributed by atoms with Gasteiger partial charge in [-0.3, -0.25) is 9.69 Å². The number of halogens is 1. The number of nitrogens with zero attached hydrogens (tertiary/aromatic N) is 2. The minimum Gasteiger partial charge on any atom is -0.466 e. The van der Waals surface area contributed by atoms with E-state index in [0.717, 1.165) is 59.7 Å². The smallest absolute Gasteiger partial charge is 0.309 e. The Morgan fingerprint density at radius 1 is 1.33 bits per heavy atom. The number of esters is 1. The number of likely N-dealkylation sites (tertiary alicyclic amines) is 1. The summed E-state index contributed by atoms with van der Waals surface area (Å²) >= 11 is 6.55. The molecule has 2 heterocycles. The van der Waals surface area contributed by atoms with Crippen LogP contribution in [0, 0.1) is 12.8 Å². The average molecular weight is 347 g/mol. The second-order valence-corrected chi connectivity index (χ2v) is 6.70. The molecule has 0 amide bonds. The third-order valence-corrected chi connectivity index (χ3v) is 5.23. The molecule has 1 fully saturated rings. The SMILES string of the molecule is CCOC(=O)C1CCN(Cc2nc3ccccc3c(C)c2Cl)CC1. The van der Waals surface area contributed by atoms with Gasteiger partial charge in [0.25, 0.3) is 0 Å². The van der Waals surface area contributed by atoms with Gasteiger partial charge in [0.1, 0.15) is 0 Å². The maximum Gasteiger partial charge on any atom is 0.309 e. The maximum absolute atomic E-state index is 11.8. The van der Waals surface area contributed by atoms with Crippen molar-refractivity contribution in [3.8, 4) is 0 Å². The summed E-state index contributed by atoms with van der Waals surface area (Å²) in [5.41, 5.74) is 2.98. The topological polar surface area (TPSA) is 42.4 Å². The number of benzene rings is 1. The number of aromatic nitrogens is 1. The van der Waals surface area contributed by atoms with Crippen LogP contribution in [0.25, 0.3) is 10.9 Å². The summed E-state index contributed by atoms with van der Waals surface area (Å²) < 4.78 is 5.13. The lowest BCUT2D eigenvalue weighted by Gasteiger charge is -2.30. The molecule has 0 radical (unpaired) electrons. The van der Waals surface area contributed by atoms with Crippen molar-refractivity contribution in [1.82, 2.24) is 9.88 Å². The number of rotatable bonds is 4. The van der Waals surface area contributed by atoms with Crippen LogP contribution < -0.4 is 0 Å². The fraction of sp³-hybridized carbons (Fsp3) is 0.474. The Morgan fingerprint density at radius 3 is 2.75 bits per heavy atom. The van der Waals surface area contributed by atoms with E-state index in [1.165, 1.54) is 0 Å². The highest BCUT2D eigenvalue weighted by molar-refractivity contribution is 6.32. The molecule has 2 aromatic rings. The quantitative estimate of drug-likeness (QED) is 0.785. The molecule has 24 heavy (non-hydrogen) atoms. The molecule has 1 aliphatic rings. The van der Waals surface area contributed by atoms with Gasteiger partial charge >= 0.3 is 5.97 Å². The standard InChI is InChI=1S/C19H23ClN2O2/c1-3-24-19(23)14-8-10-22(11-9-14)12-17-18(20)13(2)15-6-4-5-7-16(15)21-17/h4-7,14H,3,8-12H2,1-2H3. The Bertz CT molecular complexity index is 739. The summed E-state index contributed by atoms with van der Waals surface area (Å²) in [5.74, 6) is -0.0298. The van der Waals surface area contributed by atoms with E-state index in [9.17, 15) is 4.79 Å². The highest BCUT2D eigenvalue weighted by Crippen LogP contribution is 2.29. The Balaban J connectivity index is 1.70. The van der Waals surface area contributed by atoms with Gasteiger partial charge in [0.15, 0.2) is 0 Å². The first-order chi connectivity index (χ1) is 11.6. The zero-order chi connectivity index (χ0) is 17.1. The number of hydrogen-bond donors (Lipinski definition) is 0. The normalized spacial score (nSPS) is 16.5. The molecule has 0 N–H and O–H groups in total. The van der Waals surface area contributed by atoms with E-state index in [1.807, 2.05) is 32.0 Å². The first-order valence-electron chi connectivity index (χ1n) is 8.52. The van der Waals surface area contributed by atoms with Gasteiger partial charge in [-0.15, -0.1) is 0 Å². The Hall–Kier alpha value is -1.65. The van der Waals surface area contributed by atoms with Gasteiger partial charge in [0.05, 0.1) is 28.8 Å². The van der Waals surface area contributed by atoms with Gasteiger partial charge in [-0.2, -0.15) is 0 Å². The molecule has 3 rings (SSSR count). The number of para-hydroxylation sites is 1. The van der Waals surface area contributed by atoms with E-state index < -0.39 is 0 Å². The van der Waals surface area contributed by atoms with Gasteiger partial charge in [-0.1, -0.05) is 29.8 Å². The number of piperidine rings is 1. The number of fused-ring (bicyclic) bond motifs is 1. The van der Waals surface area contributed by atoms with E-state index in [-0.39, 0.29) is 11.9 Å². The number of carbonyl (C=O) groups is 1. The van der Waals surface area contributed by atoms with Crippen LogP contribution in [0.5, 0.6) is 0 Å². The van der Waals surface area contributed by atoms with Crippen LogP contribution in [0.3, 0.4) is 0 Å². The van der Waals surface area contributed by atoms with E-state index in [0.29, 0.717) is 6.61 Å². The molecular formula is C19H23ClN2O2. The molecule has 0 aliphatic carbocycles. The summed E-state index contributed by atoms with van der Waals surface area (Å²) in [4.78, 5) is 18.9. The van der Waals surface area contributed by atoms with Crippen LogP contribution in [-0.4, -0.2) is 35.5 Å². The van der Waals surface area contributed by atoms with Gasteiger partial charge in [0.2, 0.25) is 0 Å². The second kappa shape index (κ2) is 7.49.